The topological polar surface area (TPSA) is 29.1 Å². The number of carbonyl (C=O) groups is 1. The van der Waals surface area contributed by atoms with E-state index in [0.29, 0.717) is 6.42 Å². The summed E-state index contributed by atoms with van der Waals surface area (Å²) >= 11 is 0. The zero-order chi connectivity index (χ0) is 16.2. The summed E-state index contributed by atoms with van der Waals surface area (Å²) in [5.41, 5.74) is -1.45. The Kier molecular flexibility index (Phi) is 6.11. The molecule has 0 fully saturated rings. The molecule has 0 aliphatic heterocycles. The van der Waals surface area contributed by atoms with Gasteiger partial charge in [-0.3, -0.25) is 4.79 Å². The van der Waals surface area contributed by atoms with Gasteiger partial charge >= 0.3 is 0 Å². The molecule has 1 rings (SSSR count). The predicted octanol–water partition coefficient (Wildman–Crippen LogP) is 4.08. The third kappa shape index (κ3) is 3.92. The van der Waals surface area contributed by atoms with Crippen molar-refractivity contribution in [3.63, 3.8) is 0 Å². The van der Waals surface area contributed by atoms with Gasteiger partial charge in [-0.1, -0.05) is 26.2 Å². The zero-order valence-electron chi connectivity index (χ0n) is 11.7. The van der Waals surface area contributed by atoms with E-state index in [4.69, 9.17) is 0 Å². The summed E-state index contributed by atoms with van der Waals surface area (Å²) < 4.78 is 65.7. The number of benzene rings is 1. The van der Waals surface area contributed by atoms with Crippen molar-refractivity contribution < 1.29 is 26.7 Å². The molecule has 0 spiro atoms. The standard InChI is InChI=1S/C14H16F5NO/c1-3-4-5-6-7(2)20-14(21)8-9(15)11(17)13(19)12(18)10(8)16/h7H,3-6H2,1-2H3,(H,20,21). The third-order valence-corrected chi connectivity index (χ3v) is 3.06. The molecule has 0 radical (unpaired) electrons. The molecule has 0 heterocycles. The lowest BCUT2D eigenvalue weighted by atomic mass is 10.1. The van der Waals surface area contributed by atoms with Crippen molar-refractivity contribution in [2.45, 2.75) is 45.6 Å². The molecule has 0 bridgehead atoms. The molecule has 0 aliphatic carbocycles. The van der Waals surface area contributed by atoms with Crippen LogP contribution in [0.25, 0.3) is 0 Å². The molecule has 7 heteroatoms. The highest BCUT2D eigenvalue weighted by Gasteiger charge is 2.30. The van der Waals surface area contributed by atoms with Gasteiger partial charge in [-0.2, -0.15) is 0 Å². The van der Waals surface area contributed by atoms with Gasteiger partial charge in [0.25, 0.3) is 5.91 Å². The summed E-state index contributed by atoms with van der Waals surface area (Å²) in [7, 11) is 0. The molecule has 1 amide bonds. The van der Waals surface area contributed by atoms with Crippen LogP contribution in [0.4, 0.5) is 22.0 Å². The number of nitrogens with one attached hydrogen (secondary N) is 1. The normalized spacial score (nSPS) is 12.3. The zero-order valence-corrected chi connectivity index (χ0v) is 11.7. The van der Waals surface area contributed by atoms with Gasteiger partial charge in [0.15, 0.2) is 23.3 Å². The minimum Gasteiger partial charge on any atom is -0.349 e. The Hall–Kier alpha value is -1.66. The maximum absolute atomic E-state index is 13.4. The fourth-order valence-electron chi connectivity index (χ4n) is 1.87. The Labute approximate surface area is 119 Å². The first-order valence-electron chi connectivity index (χ1n) is 6.63. The van der Waals surface area contributed by atoms with Crippen molar-refractivity contribution >= 4 is 5.91 Å². The second-order valence-electron chi connectivity index (χ2n) is 4.82. The quantitative estimate of drug-likeness (QED) is 0.365. The Bertz CT molecular complexity index is 504. The molecule has 0 aromatic heterocycles. The van der Waals surface area contributed by atoms with Crippen molar-refractivity contribution in [3.05, 3.63) is 34.6 Å². The average molecular weight is 309 g/mol. The van der Waals surface area contributed by atoms with Crippen molar-refractivity contribution in [3.8, 4) is 0 Å². The number of carbonyl (C=O) groups excluding carboxylic acids is 1. The second-order valence-corrected chi connectivity index (χ2v) is 4.82. The largest absolute Gasteiger partial charge is 0.349 e. The van der Waals surface area contributed by atoms with Gasteiger partial charge in [0.2, 0.25) is 5.82 Å². The Morgan fingerprint density at radius 3 is 1.90 bits per heavy atom. The fraction of sp³-hybridized carbons (Fsp3) is 0.500. The van der Waals surface area contributed by atoms with Crippen LogP contribution < -0.4 is 5.32 Å². The monoisotopic (exact) mass is 309 g/mol. The van der Waals surface area contributed by atoms with Crippen LogP contribution in [0.15, 0.2) is 0 Å². The molecule has 0 aliphatic rings. The SMILES string of the molecule is CCCCCC(C)NC(=O)c1c(F)c(F)c(F)c(F)c1F. The number of unbranched alkanes of at least 4 members (excludes halogenated alkanes) is 2. The van der Waals surface area contributed by atoms with E-state index in [9.17, 15) is 26.7 Å². The Morgan fingerprint density at radius 1 is 0.952 bits per heavy atom. The first-order valence-corrected chi connectivity index (χ1v) is 6.63. The summed E-state index contributed by atoms with van der Waals surface area (Å²) in [5.74, 6) is -12.1. The average Bonchev–Trinajstić information content (AvgIpc) is 2.43. The number of hydrogen-bond donors (Lipinski definition) is 1. The van der Waals surface area contributed by atoms with E-state index in [1.165, 1.54) is 0 Å². The molecule has 1 aromatic rings. The summed E-state index contributed by atoms with van der Waals surface area (Å²) in [4.78, 5) is 11.7. The van der Waals surface area contributed by atoms with Gasteiger partial charge in [-0.15, -0.1) is 0 Å². The Balaban J connectivity index is 2.93. The number of rotatable bonds is 6. The van der Waals surface area contributed by atoms with Crippen LogP contribution in [0.5, 0.6) is 0 Å². The van der Waals surface area contributed by atoms with Gasteiger partial charge in [0.1, 0.15) is 5.56 Å². The van der Waals surface area contributed by atoms with Crippen molar-refractivity contribution in [2.24, 2.45) is 0 Å². The molecule has 21 heavy (non-hydrogen) atoms. The van der Waals surface area contributed by atoms with Gasteiger partial charge in [0.05, 0.1) is 0 Å². The lowest BCUT2D eigenvalue weighted by Gasteiger charge is -2.15. The maximum atomic E-state index is 13.4. The van der Waals surface area contributed by atoms with E-state index < -0.39 is 46.6 Å². The predicted molar refractivity (Wildman–Crippen MR) is 67.3 cm³/mol. The lowest BCUT2D eigenvalue weighted by Crippen LogP contribution is -2.34. The van der Waals surface area contributed by atoms with E-state index in [-0.39, 0.29) is 0 Å². The Morgan fingerprint density at radius 2 is 1.43 bits per heavy atom. The molecular formula is C14H16F5NO. The van der Waals surface area contributed by atoms with Crippen LogP contribution in [0.2, 0.25) is 0 Å². The molecule has 118 valence electrons. The minimum absolute atomic E-state index is 0.431. The highest BCUT2D eigenvalue weighted by molar-refractivity contribution is 5.95. The molecule has 0 saturated heterocycles. The highest BCUT2D eigenvalue weighted by Crippen LogP contribution is 2.23. The molecule has 1 atom stereocenters. The molecule has 2 nitrogen and oxygen atoms in total. The van der Waals surface area contributed by atoms with Crippen LogP contribution in [-0.2, 0) is 0 Å². The van der Waals surface area contributed by atoms with Crippen molar-refractivity contribution in [1.29, 1.82) is 0 Å². The van der Waals surface area contributed by atoms with Gasteiger partial charge < -0.3 is 5.32 Å². The molecule has 1 N–H and O–H groups in total. The number of halogens is 5. The van der Waals surface area contributed by atoms with E-state index in [1.807, 2.05) is 6.92 Å². The number of hydrogen-bond acceptors (Lipinski definition) is 1. The van der Waals surface area contributed by atoms with Crippen molar-refractivity contribution in [1.82, 2.24) is 5.32 Å². The van der Waals surface area contributed by atoms with Crippen molar-refractivity contribution in [2.75, 3.05) is 0 Å². The fourth-order valence-corrected chi connectivity index (χ4v) is 1.87. The molecule has 0 saturated carbocycles. The van der Waals surface area contributed by atoms with E-state index in [0.717, 1.165) is 19.3 Å². The van der Waals surface area contributed by atoms with E-state index >= 15 is 0 Å². The lowest BCUT2D eigenvalue weighted by molar-refractivity contribution is 0.0926. The summed E-state index contributed by atoms with van der Waals surface area (Å²) in [6.45, 7) is 3.58. The van der Waals surface area contributed by atoms with Gasteiger partial charge in [-0.25, -0.2) is 22.0 Å². The van der Waals surface area contributed by atoms with E-state index in [1.54, 1.807) is 6.92 Å². The molecule has 1 aromatic carbocycles. The summed E-state index contributed by atoms with van der Waals surface area (Å²) in [6.07, 6.45) is 3.21. The smallest absolute Gasteiger partial charge is 0.257 e. The molecular weight excluding hydrogens is 293 g/mol. The van der Waals surface area contributed by atoms with E-state index in [2.05, 4.69) is 5.32 Å². The first kappa shape index (κ1) is 17.4. The van der Waals surface area contributed by atoms with Crippen LogP contribution in [0, 0.1) is 29.1 Å². The first-order chi connectivity index (χ1) is 9.81. The van der Waals surface area contributed by atoms with Crippen LogP contribution in [0.1, 0.15) is 49.9 Å². The van der Waals surface area contributed by atoms with Crippen LogP contribution >= 0.6 is 0 Å². The summed E-state index contributed by atoms with van der Waals surface area (Å²) in [5, 5.41) is 2.24. The molecule has 1 unspecified atom stereocenters. The van der Waals surface area contributed by atoms with Gasteiger partial charge in [0, 0.05) is 6.04 Å². The second kappa shape index (κ2) is 7.38. The minimum atomic E-state index is -2.28. The highest BCUT2D eigenvalue weighted by atomic mass is 19.2. The third-order valence-electron chi connectivity index (χ3n) is 3.06. The van der Waals surface area contributed by atoms with Crippen LogP contribution in [-0.4, -0.2) is 11.9 Å². The van der Waals surface area contributed by atoms with Crippen LogP contribution in [0.3, 0.4) is 0 Å². The summed E-state index contributed by atoms with van der Waals surface area (Å²) in [6, 6.07) is -0.431. The maximum Gasteiger partial charge on any atom is 0.257 e. The van der Waals surface area contributed by atoms with Gasteiger partial charge in [-0.05, 0) is 13.3 Å². The number of amides is 1.